The lowest BCUT2D eigenvalue weighted by Gasteiger charge is -2.15. The Labute approximate surface area is 143 Å². The van der Waals surface area contributed by atoms with Crippen LogP contribution < -0.4 is 10.1 Å². The van der Waals surface area contributed by atoms with Gasteiger partial charge in [0.25, 0.3) is 5.91 Å². The lowest BCUT2D eigenvalue weighted by atomic mass is 10.2. The van der Waals surface area contributed by atoms with E-state index in [0.29, 0.717) is 13.2 Å². The Morgan fingerprint density at radius 1 is 1.17 bits per heavy atom. The highest BCUT2D eigenvalue weighted by molar-refractivity contribution is 5.94. The topological polar surface area (TPSA) is 47.6 Å². The minimum Gasteiger partial charge on any atom is -0.489 e. The van der Waals surface area contributed by atoms with Gasteiger partial charge in [0.1, 0.15) is 18.5 Å². The number of hydrogen-bond acceptors (Lipinski definition) is 3. The number of carbonyl (C=O) groups excluding carboxylic acids is 1. The predicted octanol–water partition coefficient (Wildman–Crippen LogP) is 4.19. The van der Waals surface area contributed by atoms with Crippen LogP contribution in [0, 0.1) is 0 Å². The van der Waals surface area contributed by atoms with Crippen molar-refractivity contribution in [3.8, 4) is 5.75 Å². The van der Waals surface area contributed by atoms with Gasteiger partial charge in [0, 0.05) is 11.3 Å². The van der Waals surface area contributed by atoms with Crippen LogP contribution in [0.4, 0.5) is 5.69 Å². The van der Waals surface area contributed by atoms with E-state index in [1.54, 1.807) is 13.0 Å². The van der Waals surface area contributed by atoms with Gasteiger partial charge in [-0.15, -0.1) is 6.58 Å². The Morgan fingerprint density at radius 3 is 2.62 bits per heavy atom. The monoisotopic (exact) mass is 325 g/mol. The fourth-order valence-corrected chi connectivity index (χ4v) is 2.08. The quantitative estimate of drug-likeness (QED) is 0.555. The Balaban J connectivity index is 1.95. The number of hydrogen-bond donors (Lipinski definition) is 1. The van der Waals surface area contributed by atoms with Crippen molar-refractivity contribution in [1.82, 2.24) is 0 Å². The van der Waals surface area contributed by atoms with Crippen LogP contribution in [0.1, 0.15) is 18.9 Å². The van der Waals surface area contributed by atoms with Crippen molar-refractivity contribution in [3.63, 3.8) is 0 Å². The standard InChI is InChI=1S/C20H23NO3/c1-3-4-14-23-16(2)20(22)21-19-13-9-8-10-17(19)15-24-18-11-6-5-7-12-18/h3,5-13,16H,1,4,14-15H2,2H3,(H,21,22). The molecule has 0 aliphatic heterocycles. The second kappa shape index (κ2) is 9.53. The minimum atomic E-state index is -0.520. The molecule has 0 radical (unpaired) electrons. The SMILES string of the molecule is C=CCCOC(C)C(=O)Nc1ccccc1COc1ccccc1. The smallest absolute Gasteiger partial charge is 0.253 e. The number of benzene rings is 2. The van der Waals surface area contributed by atoms with E-state index in [0.717, 1.165) is 23.4 Å². The van der Waals surface area contributed by atoms with Crippen molar-refractivity contribution >= 4 is 11.6 Å². The van der Waals surface area contributed by atoms with Gasteiger partial charge in [-0.2, -0.15) is 0 Å². The van der Waals surface area contributed by atoms with Gasteiger partial charge in [0.15, 0.2) is 0 Å². The molecule has 0 saturated carbocycles. The Morgan fingerprint density at radius 2 is 1.88 bits per heavy atom. The van der Waals surface area contributed by atoms with E-state index in [1.165, 1.54) is 0 Å². The Kier molecular flexibility index (Phi) is 7.05. The van der Waals surface area contributed by atoms with Crippen molar-refractivity contribution < 1.29 is 14.3 Å². The largest absolute Gasteiger partial charge is 0.489 e. The Hall–Kier alpha value is -2.59. The highest BCUT2D eigenvalue weighted by Gasteiger charge is 2.14. The van der Waals surface area contributed by atoms with Crippen molar-refractivity contribution in [2.24, 2.45) is 0 Å². The van der Waals surface area contributed by atoms with Crippen molar-refractivity contribution in [3.05, 3.63) is 72.8 Å². The lowest BCUT2D eigenvalue weighted by Crippen LogP contribution is -2.28. The third-order valence-electron chi connectivity index (χ3n) is 3.47. The van der Waals surface area contributed by atoms with Crippen molar-refractivity contribution in [2.45, 2.75) is 26.1 Å². The molecule has 0 bridgehead atoms. The van der Waals surface area contributed by atoms with Crippen LogP contribution in [0.25, 0.3) is 0 Å². The molecule has 4 heteroatoms. The molecular formula is C20H23NO3. The maximum Gasteiger partial charge on any atom is 0.253 e. The first-order chi connectivity index (χ1) is 11.7. The van der Waals surface area contributed by atoms with E-state index in [2.05, 4.69) is 11.9 Å². The summed E-state index contributed by atoms with van der Waals surface area (Å²) in [6, 6.07) is 17.2. The summed E-state index contributed by atoms with van der Waals surface area (Å²) in [4.78, 5) is 12.2. The van der Waals surface area contributed by atoms with E-state index in [-0.39, 0.29) is 5.91 Å². The molecule has 0 spiro atoms. The van der Waals surface area contributed by atoms with Gasteiger partial charge >= 0.3 is 0 Å². The third-order valence-corrected chi connectivity index (χ3v) is 3.47. The number of para-hydroxylation sites is 2. The summed E-state index contributed by atoms with van der Waals surface area (Å²) in [5.41, 5.74) is 1.64. The molecule has 0 fully saturated rings. The summed E-state index contributed by atoms with van der Waals surface area (Å²) in [5.74, 6) is 0.617. The maximum atomic E-state index is 12.2. The van der Waals surface area contributed by atoms with Crippen LogP contribution in [0.2, 0.25) is 0 Å². The van der Waals surface area contributed by atoms with Crippen LogP contribution in [0.3, 0.4) is 0 Å². The molecule has 0 heterocycles. The molecule has 1 atom stereocenters. The summed E-state index contributed by atoms with van der Waals surface area (Å²) in [5, 5.41) is 2.90. The molecule has 126 valence electrons. The van der Waals surface area contributed by atoms with Gasteiger partial charge in [0.05, 0.1) is 6.61 Å². The molecule has 2 rings (SSSR count). The molecule has 0 aromatic heterocycles. The van der Waals surface area contributed by atoms with Crippen LogP contribution >= 0.6 is 0 Å². The van der Waals surface area contributed by atoms with E-state index in [9.17, 15) is 4.79 Å². The van der Waals surface area contributed by atoms with Crippen LogP contribution in [0.15, 0.2) is 67.3 Å². The summed E-state index contributed by atoms with van der Waals surface area (Å²) in [6.07, 6.45) is 1.97. The molecule has 2 aromatic carbocycles. The fourth-order valence-electron chi connectivity index (χ4n) is 2.08. The normalized spacial score (nSPS) is 11.5. The van der Waals surface area contributed by atoms with Gasteiger partial charge in [-0.25, -0.2) is 0 Å². The first kappa shape index (κ1) is 17.8. The molecule has 4 nitrogen and oxygen atoms in total. The van der Waals surface area contributed by atoms with Crippen molar-refractivity contribution in [2.75, 3.05) is 11.9 Å². The fraction of sp³-hybridized carbons (Fsp3) is 0.250. The number of nitrogens with one attached hydrogen (secondary N) is 1. The summed E-state index contributed by atoms with van der Waals surface area (Å²) in [7, 11) is 0. The molecular weight excluding hydrogens is 302 g/mol. The van der Waals surface area contributed by atoms with Gasteiger partial charge < -0.3 is 14.8 Å². The summed E-state index contributed by atoms with van der Waals surface area (Å²) >= 11 is 0. The van der Waals surface area contributed by atoms with Crippen LogP contribution in [0.5, 0.6) is 5.75 Å². The van der Waals surface area contributed by atoms with E-state index in [1.807, 2.05) is 54.6 Å². The molecule has 24 heavy (non-hydrogen) atoms. The average molecular weight is 325 g/mol. The number of anilines is 1. The Bertz CT molecular complexity index is 655. The molecule has 2 aromatic rings. The first-order valence-electron chi connectivity index (χ1n) is 8.00. The lowest BCUT2D eigenvalue weighted by molar-refractivity contribution is -0.126. The van der Waals surface area contributed by atoms with E-state index in [4.69, 9.17) is 9.47 Å². The summed E-state index contributed by atoms with van der Waals surface area (Å²) < 4.78 is 11.2. The first-order valence-corrected chi connectivity index (χ1v) is 8.00. The van der Waals surface area contributed by atoms with E-state index >= 15 is 0 Å². The molecule has 1 unspecified atom stereocenters. The molecule has 0 saturated heterocycles. The molecule has 1 amide bonds. The van der Waals surface area contributed by atoms with Gasteiger partial charge in [0.2, 0.25) is 0 Å². The van der Waals surface area contributed by atoms with Gasteiger partial charge in [-0.05, 0) is 31.5 Å². The highest BCUT2D eigenvalue weighted by atomic mass is 16.5. The zero-order valence-corrected chi connectivity index (χ0v) is 13.9. The number of carbonyl (C=O) groups is 1. The summed E-state index contributed by atoms with van der Waals surface area (Å²) in [6.45, 7) is 6.23. The average Bonchev–Trinajstić information content (AvgIpc) is 2.62. The predicted molar refractivity (Wildman–Crippen MR) is 96.1 cm³/mol. The zero-order chi connectivity index (χ0) is 17.2. The molecule has 1 N–H and O–H groups in total. The molecule has 0 aliphatic carbocycles. The number of ether oxygens (including phenoxy) is 2. The van der Waals surface area contributed by atoms with E-state index < -0.39 is 6.10 Å². The van der Waals surface area contributed by atoms with Crippen molar-refractivity contribution in [1.29, 1.82) is 0 Å². The van der Waals surface area contributed by atoms with Gasteiger partial charge in [-0.3, -0.25) is 4.79 Å². The number of amides is 1. The zero-order valence-electron chi connectivity index (χ0n) is 13.9. The third kappa shape index (κ3) is 5.56. The van der Waals surface area contributed by atoms with Crippen LogP contribution in [-0.4, -0.2) is 18.6 Å². The second-order valence-corrected chi connectivity index (χ2v) is 5.34. The maximum absolute atomic E-state index is 12.2. The van der Waals surface area contributed by atoms with Gasteiger partial charge in [-0.1, -0.05) is 42.5 Å². The highest BCUT2D eigenvalue weighted by Crippen LogP contribution is 2.19. The van der Waals surface area contributed by atoms with Crippen LogP contribution in [-0.2, 0) is 16.1 Å². The second-order valence-electron chi connectivity index (χ2n) is 5.34. The number of rotatable bonds is 9. The minimum absolute atomic E-state index is 0.175. The molecule has 0 aliphatic rings.